The molecule has 0 unspecified atom stereocenters. The van der Waals surface area contributed by atoms with Crippen molar-refractivity contribution >= 4 is 61.0 Å². The van der Waals surface area contributed by atoms with E-state index in [1.54, 1.807) is 24.3 Å². The molecule has 0 aliphatic carbocycles. The Morgan fingerprint density at radius 3 is 2.67 bits per heavy atom. The molecule has 0 fully saturated rings. The second kappa shape index (κ2) is 11.1. The molecule has 0 spiro atoms. The van der Waals surface area contributed by atoms with Crippen LogP contribution in [-0.2, 0) is 14.9 Å². The molecule has 4 rings (SSSR count). The highest BCUT2D eigenvalue weighted by Crippen LogP contribution is 2.38. The van der Waals surface area contributed by atoms with E-state index < -0.39 is 10.1 Å². The van der Waals surface area contributed by atoms with Gasteiger partial charge >= 0.3 is 10.1 Å². The number of oxazole rings is 1. The van der Waals surface area contributed by atoms with E-state index in [1.165, 1.54) is 31.5 Å². The predicted octanol–water partition coefficient (Wildman–Crippen LogP) is 4.92. The van der Waals surface area contributed by atoms with Crippen LogP contribution in [0.4, 0.5) is 0 Å². The van der Waals surface area contributed by atoms with Crippen LogP contribution in [0.1, 0.15) is 11.1 Å². The van der Waals surface area contributed by atoms with Crippen molar-refractivity contribution in [2.45, 2.75) is 17.0 Å². The molecular weight excluding hydrogens is 570 g/mol. The minimum absolute atomic E-state index is 0.00556. The average Bonchev–Trinajstić information content (AvgIpc) is 3.27. The van der Waals surface area contributed by atoms with E-state index in [0.29, 0.717) is 20.8 Å². The lowest BCUT2D eigenvalue weighted by molar-refractivity contribution is -0.118. The van der Waals surface area contributed by atoms with E-state index in [0.717, 1.165) is 22.8 Å². The van der Waals surface area contributed by atoms with E-state index in [2.05, 4.69) is 31.4 Å². The van der Waals surface area contributed by atoms with Gasteiger partial charge in [0.25, 0.3) is 11.1 Å². The third-order valence-electron chi connectivity index (χ3n) is 4.76. The fourth-order valence-corrected chi connectivity index (χ4v) is 5.24. The fraction of sp³-hybridized carbons (Fsp3) is 0.125. The van der Waals surface area contributed by atoms with Crippen LogP contribution in [0.5, 0.6) is 11.5 Å². The van der Waals surface area contributed by atoms with Gasteiger partial charge in [-0.15, -0.1) is 0 Å². The number of fused-ring (bicyclic) bond motifs is 1. The number of aromatic nitrogens is 1. The van der Waals surface area contributed by atoms with Crippen molar-refractivity contribution in [2.75, 3.05) is 12.9 Å². The Morgan fingerprint density at radius 2 is 1.94 bits per heavy atom. The van der Waals surface area contributed by atoms with Crippen LogP contribution in [0, 0.1) is 6.92 Å². The summed E-state index contributed by atoms with van der Waals surface area (Å²) in [4.78, 5) is 16.5. The zero-order valence-corrected chi connectivity index (χ0v) is 22.3. The normalized spacial score (nSPS) is 11.6. The van der Waals surface area contributed by atoms with Crippen LogP contribution < -0.4 is 14.3 Å². The lowest BCUT2D eigenvalue weighted by atomic mass is 10.2. The zero-order valence-electron chi connectivity index (χ0n) is 19.1. The highest BCUT2D eigenvalue weighted by molar-refractivity contribution is 9.10. The van der Waals surface area contributed by atoms with E-state index in [1.807, 2.05) is 25.1 Å². The summed E-state index contributed by atoms with van der Waals surface area (Å²) in [5.41, 5.74) is 5.25. The number of halogens is 1. The molecule has 1 amide bonds. The van der Waals surface area contributed by atoms with Crippen LogP contribution >= 0.6 is 27.7 Å². The van der Waals surface area contributed by atoms with Gasteiger partial charge in [-0.25, -0.2) is 10.4 Å². The smallest absolute Gasteiger partial charge is 0.339 e. The predicted molar refractivity (Wildman–Crippen MR) is 140 cm³/mol. The van der Waals surface area contributed by atoms with Crippen molar-refractivity contribution in [3.63, 3.8) is 0 Å². The van der Waals surface area contributed by atoms with E-state index in [4.69, 9.17) is 13.3 Å². The number of nitrogens with one attached hydrogen (secondary N) is 1. The number of amides is 1. The van der Waals surface area contributed by atoms with Gasteiger partial charge in [0.1, 0.15) is 10.4 Å². The molecule has 1 N–H and O–H groups in total. The van der Waals surface area contributed by atoms with Gasteiger partial charge in [0, 0.05) is 0 Å². The number of benzene rings is 3. The summed E-state index contributed by atoms with van der Waals surface area (Å²) in [5.74, 6) is -0.136. The standard InChI is InChI=1S/C24H20BrN3O6S2/c1-15-7-9-17(10-8-15)36(30,31)34-23-18(25)11-16(12-21(23)32-2)13-26-28-22(29)14-35-24-27-19-5-3-4-6-20(19)33-24/h3-13H,14H2,1-2H3,(H,28,29)/b26-13-. The van der Waals surface area contributed by atoms with Gasteiger partial charge in [-0.05, 0) is 64.8 Å². The van der Waals surface area contributed by atoms with Gasteiger partial charge in [0.05, 0.1) is 23.5 Å². The Bertz CT molecular complexity index is 1500. The molecule has 4 aromatic rings. The number of rotatable bonds is 9. The molecular formula is C24H20BrN3O6S2. The number of thioether (sulfide) groups is 1. The minimum Gasteiger partial charge on any atom is -0.493 e. The van der Waals surface area contributed by atoms with Crippen molar-refractivity contribution in [1.29, 1.82) is 0 Å². The second-order valence-electron chi connectivity index (χ2n) is 7.41. The Hall–Kier alpha value is -3.35. The maximum absolute atomic E-state index is 12.7. The van der Waals surface area contributed by atoms with E-state index in [9.17, 15) is 13.2 Å². The highest BCUT2D eigenvalue weighted by atomic mass is 79.9. The Kier molecular flexibility index (Phi) is 7.97. The monoisotopic (exact) mass is 589 g/mol. The van der Waals surface area contributed by atoms with Crippen LogP contribution in [0.2, 0.25) is 0 Å². The van der Waals surface area contributed by atoms with Gasteiger partial charge in [0.15, 0.2) is 17.1 Å². The number of hydrazone groups is 1. The minimum atomic E-state index is -4.08. The molecule has 0 saturated heterocycles. The summed E-state index contributed by atoms with van der Waals surface area (Å²) in [6, 6.07) is 16.8. The first kappa shape index (κ1) is 25.7. The number of aryl methyl sites for hydroxylation is 1. The molecule has 0 bridgehead atoms. The molecule has 186 valence electrons. The van der Waals surface area contributed by atoms with Crippen molar-refractivity contribution in [3.8, 4) is 11.5 Å². The molecule has 1 aromatic heterocycles. The van der Waals surface area contributed by atoms with Gasteiger partial charge in [-0.2, -0.15) is 13.5 Å². The first-order chi connectivity index (χ1) is 17.2. The van der Waals surface area contributed by atoms with Crippen molar-refractivity contribution in [1.82, 2.24) is 10.4 Å². The molecule has 0 saturated carbocycles. The number of carbonyl (C=O) groups excluding carboxylic acids is 1. The van der Waals surface area contributed by atoms with Gasteiger partial charge in [-0.1, -0.05) is 41.6 Å². The van der Waals surface area contributed by atoms with E-state index >= 15 is 0 Å². The van der Waals surface area contributed by atoms with Gasteiger partial charge in [0.2, 0.25) is 0 Å². The molecule has 0 aliphatic rings. The Balaban J connectivity index is 1.39. The molecule has 0 atom stereocenters. The number of para-hydroxylation sites is 2. The number of carbonyl (C=O) groups is 1. The van der Waals surface area contributed by atoms with E-state index in [-0.39, 0.29) is 28.1 Å². The summed E-state index contributed by atoms with van der Waals surface area (Å²) in [7, 11) is -2.69. The first-order valence-electron chi connectivity index (χ1n) is 10.4. The molecule has 3 aromatic carbocycles. The molecule has 0 aliphatic heterocycles. The van der Waals surface area contributed by atoms with Crippen molar-refractivity contribution < 1.29 is 26.5 Å². The van der Waals surface area contributed by atoms with Crippen LogP contribution in [0.25, 0.3) is 11.1 Å². The number of methoxy groups -OCH3 is 1. The number of hydrogen-bond donors (Lipinski definition) is 1. The van der Waals surface area contributed by atoms with Gasteiger partial charge in [-0.3, -0.25) is 4.79 Å². The lowest BCUT2D eigenvalue weighted by Gasteiger charge is -2.13. The van der Waals surface area contributed by atoms with Gasteiger partial charge < -0.3 is 13.3 Å². The molecule has 36 heavy (non-hydrogen) atoms. The summed E-state index contributed by atoms with van der Waals surface area (Å²) in [6.45, 7) is 1.86. The fourth-order valence-electron chi connectivity index (χ4n) is 3.01. The number of hydrogen-bond acceptors (Lipinski definition) is 9. The molecule has 0 radical (unpaired) electrons. The quantitative estimate of drug-likeness (QED) is 0.126. The Morgan fingerprint density at radius 1 is 1.19 bits per heavy atom. The molecule has 1 heterocycles. The first-order valence-corrected chi connectivity index (χ1v) is 13.6. The SMILES string of the molecule is COc1cc(/C=N\NC(=O)CSc2nc3ccccc3o2)cc(Br)c1OS(=O)(=O)c1ccc(C)cc1. The zero-order chi connectivity index (χ0) is 25.7. The van der Waals surface area contributed by atoms with Crippen LogP contribution in [0.3, 0.4) is 0 Å². The topological polar surface area (TPSA) is 120 Å². The van der Waals surface area contributed by atoms with Crippen LogP contribution in [-0.4, -0.2) is 38.4 Å². The third-order valence-corrected chi connectivity index (χ3v) is 7.41. The summed E-state index contributed by atoms with van der Waals surface area (Å²) < 4.78 is 42.0. The highest BCUT2D eigenvalue weighted by Gasteiger charge is 2.22. The maximum atomic E-state index is 12.7. The van der Waals surface area contributed by atoms with Crippen LogP contribution in [0.15, 0.2) is 84.8 Å². The lowest BCUT2D eigenvalue weighted by Crippen LogP contribution is -2.19. The number of ether oxygens (including phenoxy) is 1. The average molecular weight is 590 g/mol. The van der Waals surface area contributed by atoms with Crippen molar-refractivity contribution in [2.24, 2.45) is 5.10 Å². The summed E-state index contributed by atoms with van der Waals surface area (Å²) >= 11 is 4.47. The molecule has 12 heteroatoms. The second-order valence-corrected chi connectivity index (χ2v) is 10.7. The van der Waals surface area contributed by atoms with Crippen molar-refractivity contribution in [3.05, 3.63) is 76.3 Å². The summed E-state index contributed by atoms with van der Waals surface area (Å²) in [6.07, 6.45) is 1.40. The largest absolute Gasteiger partial charge is 0.493 e. The summed E-state index contributed by atoms with van der Waals surface area (Å²) in [5, 5.41) is 4.34. The Labute approximate surface area is 220 Å². The number of nitrogens with zero attached hydrogens (tertiary/aromatic N) is 2. The third kappa shape index (κ3) is 6.25. The maximum Gasteiger partial charge on any atom is 0.339 e. The molecule has 9 nitrogen and oxygen atoms in total.